The van der Waals surface area contributed by atoms with Crippen LogP contribution in [-0.2, 0) is 11.3 Å². The Morgan fingerprint density at radius 3 is 2.66 bits per heavy atom. The van der Waals surface area contributed by atoms with Gasteiger partial charge in [-0.3, -0.25) is 9.89 Å². The van der Waals surface area contributed by atoms with Crippen LogP contribution >= 0.6 is 0 Å². The Morgan fingerprint density at radius 2 is 2.03 bits per heavy atom. The van der Waals surface area contributed by atoms with E-state index in [9.17, 15) is 14.7 Å². The first kappa shape index (κ1) is 19.9. The number of rotatable bonds is 8. The highest BCUT2D eigenvalue weighted by Crippen LogP contribution is 2.18. The van der Waals surface area contributed by atoms with Crippen molar-refractivity contribution in [2.24, 2.45) is 0 Å². The van der Waals surface area contributed by atoms with E-state index in [-0.39, 0.29) is 29.4 Å². The van der Waals surface area contributed by atoms with Gasteiger partial charge in [-0.25, -0.2) is 9.78 Å². The van der Waals surface area contributed by atoms with Crippen molar-refractivity contribution in [3.63, 3.8) is 0 Å². The van der Waals surface area contributed by atoms with E-state index in [4.69, 9.17) is 9.47 Å². The first-order chi connectivity index (χ1) is 14.0. The molecule has 0 aliphatic carbocycles. The number of benzene rings is 1. The number of aliphatic hydroxyl groups is 1. The van der Waals surface area contributed by atoms with Gasteiger partial charge in [-0.05, 0) is 30.7 Å². The van der Waals surface area contributed by atoms with Gasteiger partial charge in [0.15, 0.2) is 5.76 Å². The van der Waals surface area contributed by atoms with Crippen LogP contribution in [0.5, 0.6) is 5.75 Å². The highest BCUT2D eigenvalue weighted by molar-refractivity contribution is 6.08. The summed E-state index contributed by atoms with van der Waals surface area (Å²) in [7, 11) is 1.58. The van der Waals surface area contributed by atoms with Gasteiger partial charge in [0, 0.05) is 18.8 Å². The molecule has 0 saturated heterocycles. The average Bonchev–Trinajstić information content (AvgIpc) is 3.39. The van der Waals surface area contributed by atoms with E-state index in [0.29, 0.717) is 12.3 Å². The number of carbonyl (C=O) groups is 2. The Kier molecular flexibility index (Phi) is 6.08. The number of H-pyrrole nitrogens is 1. The maximum Gasteiger partial charge on any atom is 0.339 e. The average molecular weight is 396 g/mol. The summed E-state index contributed by atoms with van der Waals surface area (Å²) in [5.74, 6) is -0.707. The third-order valence-corrected chi connectivity index (χ3v) is 4.08. The molecular weight excluding hydrogens is 376 g/mol. The number of allylic oxidation sites excluding steroid dienone is 1. The van der Waals surface area contributed by atoms with Crippen LogP contribution in [0.4, 0.5) is 0 Å². The minimum absolute atomic E-state index is 0.00257. The number of aromatic amines is 1. The molecule has 0 unspecified atom stereocenters. The summed E-state index contributed by atoms with van der Waals surface area (Å²) < 4.78 is 11.8. The molecule has 3 aromatic rings. The lowest BCUT2D eigenvalue weighted by Crippen LogP contribution is -2.08. The molecule has 150 valence electrons. The lowest BCUT2D eigenvalue weighted by atomic mass is 10.2. The molecular formula is C20H20N4O5. The van der Waals surface area contributed by atoms with E-state index in [0.717, 1.165) is 11.6 Å². The van der Waals surface area contributed by atoms with Crippen LogP contribution in [-0.4, -0.2) is 50.3 Å². The molecule has 2 heterocycles. The summed E-state index contributed by atoms with van der Waals surface area (Å²) in [6.45, 7) is 2.26. The predicted molar refractivity (Wildman–Crippen MR) is 104 cm³/mol. The molecule has 0 saturated carbocycles. The highest BCUT2D eigenvalue weighted by atomic mass is 16.5. The van der Waals surface area contributed by atoms with Crippen molar-refractivity contribution < 1.29 is 24.2 Å². The molecule has 0 amide bonds. The molecule has 0 radical (unpaired) electrons. The fourth-order valence-electron chi connectivity index (χ4n) is 2.70. The van der Waals surface area contributed by atoms with Crippen molar-refractivity contribution in [3.05, 3.63) is 71.6 Å². The Labute approximate surface area is 166 Å². The van der Waals surface area contributed by atoms with E-state index in [1.807, 2.05) is 24.3 Å². The quantitative estimate of drug-likeness (QED) is 0.260. The van der Waals surface area contributed by atoms with E-state index < -0.39 is 11.8 Å². The maximum absolute atomic E-state index is 12.8. The van der Waals surface area contributed by atoms with Crippen LogP contribution in [0.25, 0.3) is 5.76 Å². The fourth-order valence-corrected chi connectivity index (χ4v) is 2.70. The number of hydrogen-bond donors (Lipinski definition) is 2. The van der Waals surface area contributed by atoms with E-state index in [1.165, 1.54) is 12.4 Å². The Bertz CT molecular complexity index is 1020. The van der Waals surface area contributed by atoms with Crippen LogP contribution in [0, 0.1) is 0 Å². The molecule has 1 aromatic carbocycles. The molecule has 9 heteroatoms. The van der Waals surface area contributed by atoms with Gasteiger partial charge in [-0.2, -0.15) is 5.10 Å². The van der Waals surface area contributed by atoms with Crippen LogP contribution in [0.15, 0.2) is 48.9 Å². The summed E-state index contributed by atoms with van der Waals surface area (Å²) in [6.07, 6.45) is 3.85. The molecule has 0 spiro atoms. The van der Waals surface area contributed by atoms with E-state index in [1.54, 1.807) is 24.8 Å². The zero-order valence-corrected chi connectivity index (χ0v) is 16.0. The standard InChI is InChI=1S/C20H20N4O5/c1-3-29-20(27)14-8-16(17(25)9-18(26)19-21-12-22-23-19)24(11-14)10-13-4-6-15(28-2)7-5-13/h4-9,11-12,26H,3,10H2,1-2H3,(H,21,22,23). The molecule has 0 atom stereocenters. The molecule has 0 aliphatic rings. The molecule has 29 heavy (non-hydrogen) atoms. The summed E-state index contributed by atoms with van der Waals surface area (Å²) in [4.78, 5) is 28.7. The number of carbonyl (C=O) groups excluding carboxylic acids is 2. The number of hydrogen-bond acceptors (Lipinski definition) is 7. The zero-order chi connectivity index (χ0) is 20.8. The number of ether oxygens (including phenoxy) is 2. The molecule has 2 N–H and O–H groups in total. The van der Waals surface area contributed by atoms with Gasteiger partial charge in [-0.15, -0.1) is 0 Å². The van der Waals surface area contributed by atoms with Crippen molar-refractivity contribution in [2.75, 3.05) is 13.7 Å². The number of nitrogens with zero attached hydrogens (tertiary/aromatic N) is 3. The topological polar surface area (TPSA) is 119 Å². The molecule has 0 aliphatic heterocycles. The van der Waals surface area contributed by atoms with Gasteiger partial charge in [-0.1, -0.05) is 12.1 Å². The van der Waals surface area contributed by atoms with Crippen LogP contribution in [0.2, 0.25) is 0 Å². The Hall–Kier alpha value is -3.88. The Morgan fingerprint density at radius 1 is 1.28 bits per heavy atom. The highest BCUT2D eigenvalue weighted by Gasteiger charge is 2.18. The third-order valence-electron chi connectivity index (χ3n) is 4.08. The van der Waals surface area contributed by atoms with Crippen LogP contribution in [0.1, 0.15) is 39.2 Å². The van der Waals surface area contributed by atoms with Crippen molar-refractivity contribution >= 4 is 17.5 Å². The lowest BCUT2D eigenvalue weighted by Gasteiger charge is -2.08. The van der Waals surface area contributed by atoms with Gasteiger partial charge in [0.25, 0.3) is 0 Å². The van der Waals surface area contributed by atoms with Gasteiger partial charge in [0.1, 0.15) is 12.1 Å². The van der Waals surface area contributed by atoms with Gasteiger partial charge < -0.3 is 19.1 Å². The number of methoxy groups -OCH3 is 1. The number of esters is 1. The zero-order valence-electron chi connectivity index (χ0n) is 16.0. The molecule has 9 nitrogen and oxygen atoms in total. The summed E-state index contributed by atoms with van der Waals surface area (Å²) in [5, 5.41) is 16.2. The minimum atomic E-state index is -0.530. The monoisotopic (exact) mass is 396 g/mol. The predicted octanol–water partition coefficient (Wildman–Crippen LogP) is 2.62. The largest absolute Gasteiger partial charge is 0.504 e. The van der Waals surface area contributed by atoms with Gasteiger partial charge >= 0.3 is 5.97 Å². The van der Waals surface area contributed by atoms with E-state index >= 15 is 0 Å². The van der Waals surface area contributed by atoms with Crippen molar-refractivity contribution in [1.29, 1.82) is 0 Å². The molecule has 0 bridgehead atoms. The summed E-state index contributed by atoms with van der Waals surface area (Å²) >= 11 is 0. The number of nitrogens with one attached hydrogen (secondary N) is 1. The summed E-state index contributed by atoms with van der Waals surface area (Å²) in [6, 6.07) is 8.77. The minimum Gasteiger partial charge on any atom is -0.504 e. The van der Waals surface area contributed by atoms with Crippen LogP contribution in [0.3, 0.4) is 0 Å². The number of aliphatic hydroxyl groups excluding tert-OH is 1. The van der Waals surface area contributed by atoms with Crippen molar-refractivity contribution in [2.45, 2.75) is 13.5 Å². The van der Waals surface area contributed by atoms with E-state index in [2.05, 4.69) is 15.2 Å². The van der Waals surface area contributed by atoms with Gasteiger partial charge in [0.05, 0.1) is 25.0 Å². The lowest BCUT2D eigenvalue weighted by molar-refractivity contribution is 0.0526. The SMILES string of the molecule is CCOC(=O)c1cc(C(=O)C=C(O)c2nc[nH]n2)n(Cc2ccc(OC)cc2)c1. The van der Waals surface area contributed by atoms with Crippen LogP contribution < -0.4 is 4.74 Å². The Balaban J connectivity index is 1.93. The second-order valence-corrected chi connectivity index (χ2v) is 6.03. The number of ketones is 1. The normalized spacial score (nSPS) is 11.3. The third kappa shape index (κ3) is 4.70. The first-order valence-corrected chi connectivity index (χ1v) is 8.83. The molecule has 2 aromatic heterocycles. The van der Waals surface area contributed by atoms with Gasteiger partial charge in [0.2, 0.25) is 11.6 Å². The first-order valence-electron chi connectivity index (χ1n) is 8.83. The molecule has 0 fully saturated rings. The fraction of sp³-hybridized carbons (Fsp3) is 0.200. The smallest absolute Gasteiger partial charge is 0.339 e. The number of aromatic nitrogens is 4. The second-order valence-electron chi connectivity index (χ2n) is 6.03. The maximum atomic E-state index is 12.8. The van der Waals surface area contributed by atoms with Crippen molar-refractivity contribution in [3.8, 4) is 5.75 Å². The molecule has 3 rings (SSSR count). The second kappa shape index (κ2) is 8.87. The summed E-state index contributed by atoms with van der Waals surface area (Å²) in [5.41, 5.74) is 1.36. The van der Waals surface area contributed by atoms with Crippen molar-refractivity contribution in [1.82, 2.24) is 19.7 Å².